The number of carbonyl (C=O) groups excluding carboxylic acids is 1. The second-order valence-corrected chi connectivity index (χ2v) is 4.76. The van der Waals surface area contributed by atoms with Gasteiger partial charge in [-0.25, -0.2) is 9.78 Å². The SMILES string of the molecule is CCCCNc1nc(N)ncc1OCc1occc1C(=O)OC. The monoisotopic (exact) mass is 320 g/mol. The van der Waals surface area contributed by atoms with Crippen molar-refractivity contribution in [3.63, 3.8) is 0 Å². The fraction of sp³-hybridized carbons (Fsp3) is 0.400. The minimum absolute atomic E-state index is 0.0488. The van der Waals surface area contributed by atoms with E-state index in [0.29, 0.717) is 22.9 Å². The lowest BCUT2D eigenvalue weighted by Crippen LogP contribution is -2.09. The molecule has 0 fully saturated rings. The van der Waals surface area contributed by atoms with Gasteiger partial charge < -0.3 is 24.9 Å². The number of aromatic nitrogens is 2. The number of hydrogen-bond donors (Lipinski definition) is 2. The van der Waals surface area contributed by atoms with Crippen LogP contribution in [0.1, 0.15) is 35.9 Å². The third-order valence-electron chi connectivity index (χ3n) is 3.11. The largest absolute Gasteiger partial charge is 0.480 e. The summed E-state index contributed by atoms with van der Waals surface area (Å²) in [4.78, 5) is 19.6. The van der Waals surface area contributed by atoms with Crippen LogP contribution in [0.4, 0.5) is 11.8 Å². The maximum Gasteiger partial charge on any atom is 0.341 e. The van der Waals surface area contributed by atoms with E-state index in [2.05, 4.69) is 26.9 Å². The van der Waals surface area contributed by atoms with E-state index in [9.17, 15) is 4.79 Å². The summed E-state index contributed by atoms with van der Waals surface area (Å²) < 4.78 is 15.6. The van der Waals surface area contributed by atoms with Gasteiger partial charge in [0, 0.05) is 6.54 Å². The van der Waals surface area contributed by atoms with E-state index < -0.39 is 5.97 Å². The summed E-state index contributed by atoms with van der Waals surface area (Å²) in [5.74, 6) is 0.990. The minimum atomic E-state index is -0.479. The van der Waals surface area contributed by atoms with Gasteiger partial charge in [-0.05, 0) is 12.5 Å². The molecule has 0 saturated heterocycles. The van der Waals surface area contributed by atoms with Crippen molar-refractivity contribution < 1.29 is 18.7 Å². The van der Waals surface area contributed by atoms with Gasteiger partial charge in [0.05, 0.1) is 19.6 Å². The van der Waals surface area contributed by atoms with Crippen molar-refractivity contribution in [2.75, 3.05) is 24.7 Å². The van der Waals surface area contributed by atoms with Gasteiger partial charge in [-0.15, -0.1) is 0 Å². The van der Waals surface area contributed by atoms with E-state index in [1.165, 1.54) is 25.6 Å². The Balaban J connectivity index is 2.08. The Morgan fingerprint density at radius 1 is 1.48 bits per heavy atom. The van der Waals surface area contributed by atoms with E-state index in [1.807, 2.05) is 0 Å². The Bertz CT molecular complexity index is 657. The molecule has 0 bridgehead atoms. The highest BCUT2D eigenvalue weighted by atomic mass is 16.5. The zero-order valence-corrected chi connectivity index (χ0v) is 13.2. The van der Waals surface area contributed by atoms with Crippen molar-refractivity contribution in [1.29, 1.82) is 0 Å². The molecule has 8 heteroatoms. The molecule has 124 valence electrons. The lowest BCUT2D eigenvalue weighted by Gasteiger charge is -2.11. The first-order chi connectivity index (χ1) is 11.2. The van der Waals surface area contributed by atoms with Crippen LogP contribution in [0.25, 0.3) is 0 Å². The number of ether oxygens (including phenoxy) is 2. The molecular weight excluding hydrogens is 300 g/mol. The molecule has 0 aliphatic heterocycles. The molecule has 8 nitrogen and oxygen atoms in total. The number of hydrogen-bond acceptors (Lipinski definition) is 8. The number of nitrogens with two attached hydrogens (primary N) is 1. The number of nitrogens with zero attached hydrogens (tertiary/aromatic N) is 2. The van der Waals surface area contributed by atoms with Crippen molar-refractivity contribution in [3.8, 4) is 5.75 Å². The van der Waals surface area contributed by atoms with E-state index in [4.69, 9.17) is 14.9 Å². The standard InChI is InChI=1S/C15H20N4O4/c1-3-4-6-17-13-11(8-18-15(16)19-13)23-9-12-10(5-7-22-12)14(20)21-2/h5,7-8H,3-4,6,9H2,1-2H3,(H3,16,17,18,19). The minimum Gasteiger partial charge on any atom is -0.480 e. The number of nitrogens with one attached hydrogen (secondary N) is 1. The zero-order chi connectivity index (χ0) is 16.7. The predicted octanol–water partition coefficient (Wildman–Crippen LogP) is 2.23. The molecule has 3 N–H and O–H groups in total. The molecule has 0 aliphatic carbocycles. The van der Waals surface area contributed by atoms with Crippen molar-refractivity contribution in [1.82, 2.24) is 9.97 Å². The van der Waals surface area contributed by atoms with Gasteiger partial charge in [0.15, 0.2) is 17.3 Å². The second kappa shape index (κ2) is 8.02. The Morgan fingerprint density at radius 2 is 2.30 bits per heavy atom. The van der Waals surface area contributed by atoms with Gasteiger partial charge in [-0.2, -0.15) is 4.98 Å². The van der Waals surface area contributed by atoms with Gasteiger partial charge in [0.2, 0.25) is 5.95 Å². The van der Waals surface area contributed by atoms with Crippen LogP contribution < -0.4 is 15.8 Å². The smallest absolute Gasteiger partial charge is 0.341 e. The number of rotatable bonds is 8. The second-order valence-electron chi connectivity index (χ2n) is 4.76. The molecule has 2 aromatic rings. The molecule has 0 amide bonds. The highest BCUT2D eigenvalue weighted by molar-refractivity contribution is 5.90. The summed E-state index contributed by atoms with van der Waals surface area (Å²) in [5, 5.41) is 3.16. The lowest BCUT2D eigenvalue weighted by molar-refractivity contribution is 0.0595. The molecule has 0 unspecified atom stereocenters. The van der Waals surface area contributed by atoms with Crippen LogP contribution in [-0.4, -0.2) is 29.6 Å². The number of carbonyl (C=O) groups is 1. The molecule has 2 rings (SSSR count). The van der Waals surface area contributed by atoms with Crippen LogP contribution in [0.2, 0.25) is 0 Å². The topological polar surface area (TPSA) is 113 Å². The first-order valence-corrected chi connectivity index (χ1v) is 7.29. The molecule has 0 aliphatic rings. The molecule has 0 atom stereocenters. The number of furan rings is 1. The first kappa shape index (κ1) is 16.6. The molecule has 0 saturated carbocycles. The zero-order valence-electron chi connectivity index (χ0n) is 13.2. The van der Waals surface area contributed by atoms with Gasteiger partial charge >= 0.3 is 5.97 Å². The molecular formula is C15H20N4O4. The average Bonchev–Trinajstić information content (AvgIpc) is 3.02. The van der Waals surface area contributed by atoms with Crippen molar-refractivity contribution in [2.45, 2.75) is 26.4 Å². The summed E-state index contributed by atoms with van der Waals surface area (Å²) in [7, 11) is 1.31. The highest BCUT2D eigenvalue weighted by Gasteiger charge is 2.16. The Labute approximate surface area is 134 Å². The van der Waals surface area contributed by atoms with Crippen molar-refractivity contribution >= 4 is 17.7 Å². The summed E-state index contributed by atoms with van der Waals surface area (Å²) >= 11 is 0. The average molecular weight is 320 g/mol. The maximum absolute atomic E-state index is 11.6. The summed E-state index contributed by atoms with van der Waals surface area (Å²) in [5.41, 5.74) is 5.93. The Kier molecular flexibility index (Phi) is 5.79. The van der Waals surface area contributed by atoms with Crippen LogP contribution >= 0.6 is 0 Å². The molecule has 0 radical (unpaired) electrons. The lowest BCUT2D eigenvalue weighted by atomic mass is 10.2. The van der Waals surface area contributed by atoms with Gasteiger partial charge in [0.25, 0.3) is 0 Å². The number of nitrogen functional groups attached to an aromatic ring is 1. The van der Waals surface area contributed by atoms with Crippen LogP contribution in [0.3, 0.4) is 0 Å². The predicted molar refractivity (Wildman–Crippen MR) is 84.2 cm³/mol. The van der Waals surface area contributed by atoms with Gasteiger partial charge in [-0.1, -0.05) is 13.3 Å². The number of anilines is 2. The molecule has 0 aromatic carbocycles. The Morgan fingerprint density at radius 3 is 3.04 bits per heavy atom. The number of unbranched alkanes of at least 4 members (excludes halogenated alkanes) is 1. The fourth-order valence-electron chi connectivity index (χ4n) is 1.89. The highest BCUT2D eigenvalue weighted by Crippen LogP contribution is 2.24. The third kappa shape index (κ3) is 4.35. The van der Waals surface area contributed by atoms with Crippen LogP contribution in [0.15, 0.2) is 22.9 Å². The first-order valence-electron chi connectivity index (χ1n) is 7.29. The molecule has 2 heterocycles. The Hall–Kier alpha value is -2.77. The van der Waals surface area contributed by atoms with E-state index in [0.717, 1.165) is 19.4 Å². The normalized spacial score (nSPS) is 10.3. The van der Waals surface area contributed by atoms with Gasteiger partial charge in [0.1, 0.15) is 12.2 Å². The van der Waals surface area contributed by atoms with Crippen molar-refractivity contribution in [2.24, 2.45) is 0 Å². The molecule has 0 spiro atoms. The third-order valence-corrected chi connectivity index (χ3v) is 3.11. The summed E-state index contributed by atoms with van der Waals surface area (Å²) in [6, 6.07) is 1.53. The number of esters is 1. The number of methoxy groups -OCH3 is 1. The van der Waals surface area contributed by atoms with Crippen LogP contribution in [0.5, 0.6) is 5.75 Å². The fourth-order valence-corrected chi connectivity index (χ4v) is 1.89. The van der Waals surface area contributed by atoms with Crippen LogP contribution in [0, 0.1) is 0 Å². The van der Waals surface area contributed by atoms with E-state index in [1.54, 1.807) is 0 Å². The summed E-state index contributed by atoms with van der Waals surface area (Å²) in [6.07, 6.45) is 4.94. The summed E-state index contributed by atoms with van der Waals surface area (Å²) in [6.45, 7) is 2.89. The maximum atomic E-state index is 11.6. The quantitative estimate of drug-likeness (QED) is 0.562. The van der Waals surface area contributed by atoms with E-state index in [-0.39, 0.29) is 12.6 Å². The molecule has 2 aromatic heterocycles. The van der Waals surface area contributed by atoms with Crippen LogP contribution in [-0.2, 0) is 11.3 Å². The van der Waals surface area contributed by atoms with E-state index >= 15 is 0 Å². The van der Waals surface area contributed by atoms with Crippen molar-refractivity contribution in [3.05, 3.63) is 29.9 Å². The molecule has 23 heavy (non-hydrogen) atoms. The van der Waals surface area contributed by atoms with Gasteiger partial charge in [-0.3, -0.25) is 0 Å².